The summed E-state index contributed by atoms with van der Waals surface area (Å²) in [5, 5.41) is 2.92. The average Bonchev–Trinajstić information content (AvgIpc) is 3.02. The molecule has 6 heteroatoms. The molecule has 0 bridgehead atoms. The first kappa shape index (κ1) is 17.9. The van der Waals surface area contributed by atoms with Gasteiger partial charge in [-0.2, -0.15) is 4.31 Å². The summed E-state index contributed by atoms with van der Waals surface area (Å²) in [6.45, 7) is 8.89. The zero-order chi connectivity index (χ0) is 17.2. The quantitative estimate of drug-likeness (QED) is 0.897. The molecule has 0 spiro atoms. The lowest BCUT2D eigenvalue weighted by molar-refractivity contribution is 0.0930. The maximum Gasteiger partial charge on any atom is 0.251 e. The summed E-state index contributed by atoms with van der Waals surface area (Å²) in [5.41, 5.74) is 1.06. The third-order valence-corrected chi connectivity index (χ3v) is 6.53. The fourth-order valence-corrected chi connectivity index (χ4v) is 4.31. The van der Waals surface area contributed by atoms with Gasteiger partial charge in [0.1, 0.15) is 0 Å². The average molecular weight is 338 g/mol. The molecule has 5 nitrogen and oxygen atoms in total. The van der Waals surface area contributed by atoms with Crippen LogP contribution in [0.1, 0.15) is 49.5 Å². The summed E-state index contributed by atoms with van der Waals surface area (Å²) in [4.78, 5) is 12.6. The van der Waals surface area contributed by atoms with E-state index in [1.165, 1.54) is 10.4 Å². The van der Waals surface area contributed by atoms with Crippen LogP contribution in [0.25, 0.3) is 0 Å². The van der Waals surface area contributed by atoms with Gasteiger partial charge in [-0.15, -0.1) is 0 Å². The highest BCUT2D eigenvalue weighted by molar-refractivity contribution is 7.89. The van der Waals surface area contributed by atoms with Crippen LogP contribution in [0.5, 0.6) is 0 Å². The molecule has 1 atom stereocenters. The SMILES string of the molecule is Cc1ccc(C(=O)NC(C)C(C)C)cc1S(=O)(=O)N1CCCC1. The monoisotopic (exact) mass is 338 g/mol. The summed E-state index contributed by atoms with van der Waals surface area (Å²) in [5.74, 6) is 0.0845. The molecule has 0 aliphatic carbocycles. The highest BCUT2D eigenvalue weighted by Gasteiger charge is 2.29. The number of carbonyl (C=O) groups is 1. The molecular formula is C17H26N2O3S. The highest BCUT2D eigenvalue weighted by atomic mass is 32.2. The lowest BCUT2D eigenvalue weighted by Crippen LogP contribution is -2.36. The number of hydrogen-bond acceptors (Lipinski definition) is 3. The summed E-state index contributed by atoms with van der Waals surface area (Å²) in [6, 6.07) is 4.92. The van der Waals surface area contributed by atoms with Crippen molar-refractivity contribution in [2.24, 2.45) is 5.92 Å². The van der Waals surface area contributed by atoms with Crippen LogP contribution in [-0.2, 0) is 10.0 Å². The Morgan fingerprint density at radius 1 is 1.17 bits per heavy atom. The molecule has 1 unspecified atom stereocenters. The van der Waals surface area contributed by atoms with Gasteiger partial charge in [0.25, 0.3) is 5.91 Å². The van der Waals surface area contributed by atoms with Crippen LogP contribution in [0.2, 0.25) is 0 Å². The number of hydrogen-bond donors (Lipinski definition) is 1. The van der Waals surface area contributed by atoms with Crippen LogP contribution in [0.15, 0.2) is 23.1 Å². The van der Waals surface area contributed by atoms with E-state index in [1.54, 1.807) is 19.1 Å². The predicted molar refractivity (Wildman–Crippen MR) is 90.9 cm³/mol. The van der Waals surface area contributed by atoms with Crippen LogP contribution >= 0.6 is 0 Å². The van der Waals surface area contributed by atoms with Crippen molar-refractivity contribution in [1.29, 1.82) is 0 Å². The van der Waals surface area contributed by atoms with Gasteiger partial charge in [-0.05, 0) is 50.3 Å². The van der Waals surface area contributed by atoms with Crippen molar-refractivity contribution in [3.8, 4) is 0 Å². The molecule has 1 aromatic carbocycles. The molecular weight excluding hydrogens is 312 g/mol. The van der Waals surface area contributed by atoms with E-state index in [0.29, 0.717) is 30.1 Å². The normalized spacial score (nSPS) is 17.4. The largest absolute Gasteiger partial charge is 0.349 e. The van der Waals surface area contributed by atoms with Gasteiger partial charge in [-0.25, -0.2) is 8.42 Å². The molecule has 1 amide bonds. The molecule has 128 valence electrons. The second-order valence-corrected chi connectivity index (χ2v) is 8.50. The van der Waals surface area contributed by atoms with Crippen LogP contribution in [0, 0.1) is 12.8 Å². The Balaban J connectivity index is 2.30. The van der Waals surface area contributed by atoms with Crippen molar-refractivity contribution in [2.75, 3.05) is 13.1 Å². The predicted octanol–water partition coefficient (Wildman–Crippen LogP) is 2.55. The minimum absolute atomic E-state index is 0.0300. The Morgan fingerprint density at radius 2 is 1.78 bits per heavy atom. The molecule has 2 rings (SSSR count). The Kier molecular flexibility index (Phi) is 5.47. The Labute approximate surface area is 139 Å². The topological polar surface area (TPSA) is 66.5 Å². The molecule has 0 radical (unpaired) electrons. The van der Waals surface area contributed by atoms with Gasteiger partial charge in [-0.1, -0.05) is 19.9 Å². The first-order chi connectivity index (χ1) is 10.7. The van der Waals surface area contributed by atoms with Crippen molar-refractivity contribution >= 4 is 15.9 Å². The highest BCUT2D eigenvalue weighted by Crippen LogP contribution is 2.24. The Hall–Kier alpha value is -1.40. The van der Waals surface area contributed by atoms with Gasteiger partial charge in [0.2, 0.25) is 10.0 Å². The van der Waals surface area contributed by atoms with Crippen molar-refractivity contribution in [1.82, 2.24) is 9.62 Å². The molecule has 1 heterocycles. The van der Waals surface area contributed by atoms with Gasteiger partial charge in [0.05, 0.1) is 4.90 Å². The van der Waals surface area contributed by atoms with Gasteiger partial charge in [-0.3, -0.25) is 4.79 Å². The number of aryl methyl sites for hydroxylation is 1. The van der Waals surface area contributed by atoms with Gasteiger partial charge in [0, 0.05) is 24.7 Å². The van der Waals surface area contributed by atoms with E-state index < -0.39 is 10.0 Å². The zero-order valence-corrected chi connectivity index (χ0v) is 15.1. The zero-order valence-electron chi connectivity index (χ0n) is 14.3. The van der Waals surface area contributed by atoms with E-state index in [0.717, 1.165) is 12.8 Å². The maximum absolute atomic E-state index is 12.8. The number of rotatable bonds is 5. The van der Waals surface area contributed by atoms with E-state index in [4.69, 9.17) is 0 Å². The number of amides is 1. The third-order valence-electron chi connectivity index (χ3n) is 4.49. The molecule has 1 N–H and O–H groups in total. The van der Waals surface area contributed by atoms with E-state index >= 15 is 0 Å². The minimum Gasteiger partial charge on any atom is -0.349 e. The second kappa shape index (κ2) is 7.01. The number of carbonyl (C=O) groups excluding carboxylic acids is 1. The fourth-order valence-electron chi connectivity index (χ4n) is 2.54. The van der Waals surface area contributed by atoms with Crippen molar-refractivity contribution in [2.45, 2.75) is 51.5 Å². The molecule has 0 aromatic heterocycles. The molecule has 1 aliphatic rings. The van der Waals surface area contributed by atoms with Crippen LogP contribution in [0.4, 0.5) is 0 Å². The fraction of sp³-hybridized carbons (Fsp3) is 0.588. The molecule has 1 fully saturated rings. The second-order valence-electron chi connectivity index (χ2n) is 6.60. The van der Waals surface area contributed by atoms with E-state index in [1.807, 2.05) is 20.8 Å². The van der Waals surface area contributed by atoms with Crippen LogP contribution < -0.4 is 5.32 Å². The first-order valence-corrected chi connectivity index (χ1v) is 9.59. The Bertz CT molecular complexity index is 677. The molecule has 1 aromatic rings. The van der Waals surface area contributed by atoms with Gasteiger partial charge < -0.3 is 5.32 Å². The number of benzene rings is 1. The van der Waals surface area contributed by atoms with Crippen molar-refractivity contribution < 1.29 is 13.2 Å². The third kappa shape index (κ3) is 3.93. The van der Waals surface area contributed by atoms with E-state index in [2.05, 4.69) is 5.32 Å². The number of nitrogens with one attached hydrogen (secondary N) is 1. The van der Waals surface area contributed by atoms with Crippen LogP contribution in [-0.4, -0.2) is 37.8 Å². The van der Waals surface area contributed by atoms with Crippen molar-refractivity contribution in [3.63, 3.8) is 0 Å². The summed E-state index contributed by atoms with van der Waals surface area (Å²) in [6.07, 6.45) is 1.79. The lowest BCUT2D eigenvalue weighted by Gasteiger charge is -2.19. The van der Waals surface area contributed by atoms with Gasteiger partial charge >= 0.3 is 0 Å². The molecule has 1 saturated heterocycles. The minimum atomic E-state index is -3.52. The molecule has 23 heavy (non-hydrogen) atoms. The summed E-state index contributed by atoms with van der Waals surface area (Å²) in [7, 11) is -3.52. The van der Waals surface area contributed by atoms with Gasteiger partial charge in [0.15, 0.2) is 0 Å². The number of nitrogens with zero attached hydrogens (tertiary/aromatic N) is 1. The lowest BCUT2D eigenvalue weighted by atomic mass is 10.1. The van der Waals surface area contributed by atoms with Crippen molar-refractivity contribution in [3.05, 3.63) is 29.3 Å². The smallest absolute Gasteiger partial charge is 0.251 e. The van der Waals surface area contributed by atoms with E-state index in [9.17, 15) is 13.2 Å². The first-order valence-electron chi connectivity index (χ1n) is 8.15. The molecule has 0 saturated carbocycles. The summed E-state index contributed by atoms with van der Waals surface area (Å²) >= 11 is 0. The van der Waals surface area contributed by atoms with E-state index in [-0.39, 0.29) is 16.8 Å². The van der Waals surface area contributed by atoms with Crippen LogP contribution in [0.3, 0.4) is 0 Å². The number of sulfonamides is 1. The maximum atomic E-state index is 12.8. The Morgan fingerprint density at radius 3 is 2.35 bits per heavy atom. The molecule has 1 aliphatic heterocycles. The summed E-state index contributed by atoms with van der Waals surface area (Å²) < 4.78 is 27.0. The standard InChI is InChI=1S/C17H26N2O3S/c1-12(2)14(4)18-17(20)15-8-7-13(3)16(11-15)23(21,22)19-9-5-6-10-19/h7-8,11-12,14H,5-6,9-10H2,1-4H3,(H,18,20).